The molecule has 2 nitrogen and oxygen atoms in total. The minimum atomic E-state index is 0.540. The monoisotopic (exact) mass is 249 g/mol. The Labute approximate surface area is 107 Å². The fraction of sp³-hybridized carbons (Fsp3) is 0.571. The van der Waals surface area contributed by atoms with Gasteiger partial charge < -0.3 is 10.1 Å². The zero-order valence-corrected chi connectivity index (χ0v) is 10.8. The second-order valence-electron chi connectivity index (χ2n) is 4.89. The Morgan fingerprint density at radius 1 is 1.35 bits per heavy atom. The van der Waals surface area contributed by atoms with E-state index in [2.05, 4.69) is 29.6 Å². The molecule has 2 heterocycles. The molecule has 1 saturated heterocycles. The number of fused-ring (bicyclic) bond motifs is 1. The molecular formula is C14H19NOS. The zero-order valence-electron chi connectivity index (χ0n) is 10.0. The van der Waals surface area contributed by atoms with Crippen LogP contribution < -0.4 is 5.32 Å². The van der Waals surface area contributed by atoms with Gasteiger partial charge in [-0.1, -0.05) is 18.2 Å². The molecule has 3 rings (SSSR count). The molecule has 0 radical (unpaired) electrons. The number of hydrogen-bond donors (Lipinski definition) is 1. The van der Waals surface area contributed by atoms with Crippen molar-refractivity contribution in [3.63, 3.8) is 0 Å². The Bertz CT molecular complexity index is 376. The first-order valence-corrected chi connectivity index (χ1v) is 7.45. The summed E-state index contributed by atoms with van der Waals surface area (Å²) in [5, 5.41) is 3.71. The van der Waals surface area contributed by atoms with Gasteiger partial charge in [-0.2, -0.15) is 0 Å². The van der Waals surface area contributed by atoms with Gasteiger partial charge in [0, 0.05) is 29.8 Å². The van der Waals surface area contributed by atoms with Crippen LogP contribution in [0, 0.1) is 5.92 Å². The maximum atomic E-state index is 5.52. The molecule has 1 fully saturated rings. The normalized spacial score (nSPS) is 28.0. The van der Waals surface area contributed by atoms with Crippen molar-refractivity contribution in [1.29, 1.82) is 0 Å². The lowest BCUT2D eigenvalue weighted by Gasteiger charge is -2.24. The van der Waals surface area contributed by atoms with Crippen molar-refractivity contribution in [1.82, 2.24) is 5.32 Å². The lowest BCUT2D eigenvalue weighted by Crippen LogP contribution is -2.31. The number of hydrogen-bond acceptors (Lipinski definition) is 3. The predicted octanol–water partition coefficient (Wildman–Crippen LogP) is 2.85. The van der Waals surface area contributed by atoms with Crippen LogP contribution in [-0.4, -0.2) is 25.5 Å². The van der Waals surface area contributed by atoms with Gasteiger partial charge in [-0.15, -0.1) is 11.8 Å². The Morgan fingerprint density at radius 3 is 3.18 bits per heavy atom. The number of rotatable bonds is 3. The van der Waals surface area contributed by atoms with Crippen molar-refractivity contribution in [3.05, 3.63) is 29.8 Å². The molecule has 3 heteroatoms. The second-order valence-corrected chi connectivity index (χ2v) is 5.95. The molecule has 0 amide bonds. The summed E-state index contributed by atoms with van der Waals surface area (Å²) in [7, 11) is 0. The molecule has 1 aromatic carbocycles. The van der Waals surface area contributed by atoms with Gasteiger partial charge in [0.05, 0.1) is 6.61 Å². The highest BCUT2D eigenvalue weighted by molar-refractivity contribution is 7.99. The molecule has 17 heavy (non-hydrogen) atoms. The summed E-state index contributed by atoms with van der Waals surface area (Å²) >= 11 is 1.97. The van der Waals surface area contributed by atoms with E-state index in [9.17, 15) is 0 Å². The summed E-state index contributed by atoms with van der Waals surface area (Å²) < 4.78 is 5.52. The molecule has 2 unspecified atom stereocenters. The van der Waals surface area contributed by atoms with Crippen LogP contribution in [0.25, 0.3) is 0 Å². The molecule has 2 aliphatic rings. The van der Waals surface area contributed by atoms with E-state index in [4.69, 9.17) is 4.74 Å². The highest BCUT2D eigenvalue weighted by Gasteiger charge is 2.23. The Balaban J connectivity index is 1.56. The van der Waals surface area contributed by atoms with E-state index in [0.717, 1.165) is 19.8 Å². The minimum Gasteiger partial charge on any atom is -0.381 e. The predicted molar refractivity (Wildman–Crippen MR) is 71.5 cm³/mol. The summed E-state index contributed by atoms with van der Waals surface area (Å²) in [6, 6.07) is 9.29. The highest BCUT2D eigenvalue weighted by Crippen LogP contribution is 2.37. The molecule has 0 spiro atoms. The Hall–Kier alpha value is -0.510. The van der Waals surface area contributed by atoms with Crippen LogP contribution >= 0.6 is 11.8 Å². The Morgan fingerprint density at radius 2 is 2.29 bits per heavy atom. The van der Waals surface area contributed by atoms with Gasteiger partial charge in [0.15, 0.2) is 0 Å². The smallest absolute Gasteiger partial charge is 0.0506 e. The molecule has 0 saturated carbocycles. The van der Waals surface area contributed by atoms with Crippen LogP contribution in [0.1, 0.15) is 24.4 Å². The lowest BCUT2D eigenvalue weighted by molar-refractivity contribution is 0.0540. The van der Waals surface area contributed by atoms with Crippen molar-refractivity contribution in [2.75, 3.05) is 25.5 Å². The van der Waals surface area contributed by atoms with Crippen LogP contribution in [0.4, 0.5) is 0 Å². The van der Waals surface area contributed by atoms with Gasteiger partial charge >= 0.3 is 0 Å². The summed E-state index contributed by atoms with van der Waals surface area (Å²) in [6.07, 6.45) is 2.54. The van der Waals surface area contributed by atoms with Crippen LogP contribution in [0.3, 0.4) is 0 Å². The molecule has 92 valence electrons. The van der Waals surface area contributed by atoms with E-state index in [1.165, 1.54) is 29.1 Å². The lowest BCUT2D eigenvalue weighted by atomic mass is 10.0. The average Bonchev–Trinajstić information content (AvgIpc) is 2.81. The van der Waals surface area contributed by atoms with E-state index in [0.29, 0.717) is 12.0 Å². The van der Waals surface area contributed by atoms with E-state index >= 15 is 0 Å². The maximum Gasteiger partial charge on any atom is 0.0506 e. The summed E-state index contributed by atoms with van der Waals surface area (Å²) in [5.74, 6) is 1.88. The van der Waals surface area contributed by atoms with Crippen molar-refractivity contribution in [2.45, 2.75) is 23.8 Å². The topological polar surface area (TPSA) is 21.3 Å². The molecule has 0 aliphatic carbocycles. The standard InChI is InChI=1S/C14H19NOS/c1-2-6-14-12(5-1)13(10-17-14)15-8-11-4-3-7-16-9-11/h1-2,5-6,11,13,15H,3-4,7-10H2. The Kier molecular flexibility index (Phi) is 3.69. The van der Waals surface area contributed by atoms with Gasteiger partial charge in [-0.3, -0.25) is 0 Å². The molecule has 0 aromatic heterocycles. The highest BCUT2D eigenvalue weighted by atomic mass is 32.2. The second kappa shape index (κ2) is 5.42. The van der Waals surface area contributed by atoms with Crippen molar-refractivity contribution in [3.8, 4) is 0 Å². The maximum absolute atomic E-state index is 5.52. The molecule has 0 bridgehead atoms. The minimum absolute atomic E-state index is 0.540. The van der Waals surface area contributed by atoms with E-state index in [-0.39, 0.29) is 0 Å². The zero-order chi connectivity index (χ0) is 11.5. The first-order chi connectivity index (χ1) is 8.43. The van der Waals surface area contributed by atoms with E-state index in [1.807, 2.05) is 11.8 Å². The molecule has 1 aromatic rings. The van der Waals surface area contributed by atoms with Gasteiger partial charge in [0.2, 0.25) is 0 Å². The molecular weight excluding hydrogens is 230 g/mol. The van der Waals surface area contributed by atoms with Gasteiger partial charge in [-0.25, -0.2) is 0 Å². The number of ether oxygens (including phenoxy) is 1. The molecule has 2 aliphatic heterocycles. The van der Waals surface area contributed by atoms with E-state index in [1.54, 1.807) is 0 Å². The van der Waals surface area contributed by atoms with Crippen LogP contribution in [0.5, 0.6) is 0 Å². The SMILES string of the molecule is c1ccc2c(c1)SCC2NCC1CCCOC1. The quantitative estimate of drug-likeness (QED) is 0.890. The number of benzene rings is 1. The van der Waals surface area contributed by atoms with Gasteiger partial charge in [0.1, 0.15) is 0 Å². The average molecular weight is 249 g/mol. The third kappa shape index (κ3) is 2.67. The molecule has 1 N–H and O–H groups in total. The summed E-state index contributed by atoms with van der Waals surface area (Å²) in [4.78, 5) is 1.45. The van der Waals surface area contributed by atoms with Crippen molar-refractivity contribution >= 4 is 11.8 Å². The number of thioether (sulfide) groups is 1. The van der Waals surface area contributed by atoms with Crippen molar-refractivity contribution < 1.29 is 4.74 Å². The van der Waals surface area contributed by atoms with Crippen LogP contribution in [-0.2, 0) is 4.74 Å². The first-order valence-electron chi connectivity index (χ1n) is 6.46. The van der Waals surface area contributed by atoms with Crippen LogP contribution in [0.2, 0.25) is 0 Å². The van der Waals surface area contributed by atoms with Gasteiger partial charge in [0.25, 0.3) is 0 Å². The van der Waals surface area contributed by atoms with Gasteiger partial charge in [-0.05, 0) is 30.4 Å². The molecule has 2 atom stereocenters. The third-order valence-corrected chi connectivity index (χ3v) is 4.79. The fourth-order valence-electron chi connectivity index (χ4n) is 2.61. The first kappa shape index (κ1) is 11.6. The largest absolute Gasteiger partial charge is 0.381 e. The third-order valence-electron chi connectivity index (χ3n) is 3.61. The summed E-state index contributed by atoms with van der Waals surface area (Å²) in [6.45, 7) is 2.99. The van der Waals surface area contributed by atoms with Crippen molar-refractivity contribution in [2.24, 2.45) is 5.92 Å². The van der Waals surface area contributed by atoms with Crippen LogP contribution in [0.15, 0.2) is 29.2 Å². The van der Waals surface area contributed by atoms with E-state index < -0.39 is 0 Å². The fourth-order valence-corrected chi connectivity index (χ4v) is 3.80. The summed E-state index contributed by atoms with van der Waals surface area (Å²) in [5.41, 5.74) is 1.48. The number of nitrogens with one attached hydrogen (secondary N) is 1.